The van der Waals surface area contributed by atoms with Crippen molar-refractivity contribution in [1.82, 2.24) is 15.1 Å². The number of likely N-dealkylation sites (N-methyl/N-ethyl adjacent to an activating group) is 1. The van der Waals surface area contributed by atoms with Crippen LogP contribution in [0.4, 0.5) is 0 Å². The normalized spacial score (nSPS) is 10.9. The number of aryl methyl sites for hydroxylation is 2. The van der Waals surface area contributed by atoms with Gasteiger partial charge in [0.25, 0.3) is 0 Å². The number of nitrogens with zero attached hydrogens (tertiary/aromatic N) is 2. The third kappa shape index (κ3) is 3.93. The topological polar surface area (TPSA) is 29.9 Å². The number of benzene rings is 1. The first-order chi connectivity index (χ1) is 9.19. The molecule has 0 aliphatic rings. The van der Waals surface area contributed by atoms with E-state index in [9.17, 15) is 0 Å². The molecule has 0 bridgehead atoms. The van der Waals surface area contributed by atoms with Crippen LogP contribution in [-0.4, -0.2) is 22.9 Å². The summed E-state index contributed by atoms with van der Waals surface area (Å²) in [6.07, 6.45) is 1.09. The monoisotopic (exact) mass is 257 g/mol. The smallest absolute Gasteiger partial charge is 0.0662 e. The van der Waals surface area contributed by atoms with Crippen molar-refractivity contribution in [2.75, 3.05) is 13.1 Å². The molecular weight excluding hydrogens is 234 g/mol. The molecule has 1 aromatic heterocycles. The molecule has 0 amide bonds. The first-order valence-corrected chi connectivity index (χ1v) is 6.98. The van der Waals surface area contributed by atoms with Crippen molar-refractivity contribution in [1.29, 1.82) is 0 Å². The average Bonchev–Trinajstić information content (AvgIpc) is 2.70. The molecule has 0 radical (unpaired) electrons. The summed E-state index contributed by atoms with van der Waals surface area (Å²) in [5.41, 5.74) is 4.99. The van der Waals surface area contributed by atoms with Crippen LogP contribution < -0.4 is 5.32 Å². The van der Waals surface area contributed by atoms with Gasteiger partial charge in [-0.25, -0.2) is 0 Å². The summed E-state index contributed by atoms with van der Waals surface area (Å²) in [6.45, 7) is 9.21. The van der Waals surface area contributed by atoms with E-state index in [1.165, 1.54) is 16.8 Å². The van der Waals surface area contributed by atoms with Gasteiger partial charge in [0.2, 0.25) is 0 Å². The molecule has 102 valence electrons. The van der Waals surface area contributed by atoms with E-state index in [1.54, 1.807) is 0 Å². The maximum absolute atomic E-state index is 4.50. The number of hydrogen-bond acceptors (Lipinski definition) is 2. The summed E-state index contributed by atoms with van der Waals surface area (Å²) in [5, 5.41) is 7.84. The number of nitrogens with one attached hydrogen (secondary N) is 1. The summed E-state index contributed by atoms with van der Waals surface area (Å²) in [5.74, 6) is 0. The van der Waals surface area contributed by atoms with Crippen molar-refractivity contribution >= 4 is 0 Å². The quantitative estimate of drug-likeness (QED) is 0.806. The highest BCUT2D eigenvalue weighted by Crippen LogP contribution is 2.09. The molecule has 19 heavy (non-hydrogen) atoms. The lowest BCUT2D eigenvalue weighted by Crippen LogP contribution is -2.16. The predicted octanol–water partition coefficient (Wildman–Crippen LogP) is 2.70. The van der Waals surface area contributed by atoms with Crippen LogP contribution in [0.15, 0.2) is 30.3 Å². The molecule has 3 heteroatoms. The molecule has 0 unspecified atom stereocenters. The van der Waals surface area contributed by atoms with Crippen molar-refractivity contribution in [2.45, 2.75) is 33.7 Å². The maximum atomic E-state index is 4.50. The van der Waals surface area contributed by atoms with Gasteiger partial charge >= 0.3 is 0 Å². The highest BCUT2D eigenvalue weighted by atomic mass is 15.3. The van der Waals surface area contributed by atoms with Crippen LogP contribution >= 0.6 is 0 Å². The van der Waals surface area contributed by atoms with Crippen LogP contribution in [0.2, 0.25) is 0 Å². The van der Waals surface area contributed by atoms with E-state index < -0.39 is 0 Å². The predicted molar refractivity (Wildman–Crippen MR) is 79.5 cm³/mol. The van der Waals surface area contributed by atoms with E-state index in [1.807, 2.05) is 6.92 Å². The van der Waals surface area contributed by atoms with Crippen LogP contribution in [-0.2, 0) is 13.0 Å². The van der Waals surface area contributed by atoms with Crippen molar-refractivity contribution in [2.24, 2.45) is 0 Å². The summed E-state index contributed by atoms with van der Waals surface area (Å²) < 4.78 is 2.06. The fourth-order valence-corrected chi connectivity index (χ4v) is 2.23. The van der Waals surface area contributed by atoms with Crippen molar-refractivity contribution in [3.05, 3.63) is 52.8 Å². The Bertz CT molecular complexity index is 511. The molecule has 2 aromatic rings. The number of aromatic nitrogens is 2. The van der Waals surface area contributed by atoms with E-state index in [4.69, 9.17) is 0 Å². The summed E-state index contributed by atoms with van der Waals surface area (Å²) in [7, 11) is 0. The zero-order valence-electron chi connectivity index (χ0n) is 12.1. The van der Waals surface area contributed by atoms with E-state index in [-0.39, 0.29) is 0 Å². The second-order valence-electron chi connectivity index (χ2n) is 5.00. The van der Waals surface area contributed by atoms with Crippen molar-refractivity contribution < 1.29 is 0 Å². The molecule has 3 nitrogen and oxygen atoms in total. The van der Waals surface area contributed by atoms with Crippen LogP contribution in [0.5, 0.6) is 0 Å². The molecular formula is C16H23N3. The van der Waals surface area contributed by atoms with Crippen molar-refractivity contribution in [3.63, 3.8) is 0 Å². The molecule has 1 aromatic carbocycles. The highest BCUT2D eigenvalue weighted by molar-refractivity contribution is 5.23. The van der Waals surface area contributed by atoms with E-state index in [2.05, 4.69) is 59.3 Å². The van der Waals surface area contributed by atoms with Gasteiger partial charge in [0, 0.05) is 5.69 Å². The molecule has 1 heterocycles. The first-order valence-electron chi connectivity index (χ1n) is 6.98. The molecule has 2 rings (SSSR count). The Kier molecular flexibility index (Phi) is 4.74. The zero-order valence-corrected chi connectivity index (χ0v) is 12.1. The second kappa shape index (κ2) is 6.53. The Hall–Kier alpha value is -1.61. The van der Waals surface area contributed by atoms with Gasteiger partial charge in [0.1, 0.15) is 0 Å². The summed E-state index contributed by atoms with van der Waals surface area (Å²) >= 11 is 0. The van der Waals surface area contributed by atoms with Crippen LogP contribution in [0.3, 0.4) is 0 Å². The SMILES string of the molecule is CCNCCc1ccc(Cn2nc(C)cc2C)cc1. The van der Waals surface area contributed by atoms with Gasteiger partial charge in [0.05, 0.1) is 12.2 Å². The lowest BCUT2D eigenvalue weighted by atomic mass is 10.1. The largest absolute Gasteiger partial charge is 0.317 e. The minimum atomic E-state index is 0.854. The molecule has 0 aliphatic heterocycles. The lowest BCUT2D eigenvalue weighted by molar-refractivity contribution is 0.658. The van der Waals surface area contributed by atoms with Crippen LogP contribution in [0.1, 0.15) is 29.4 Å². The van der Waals surface area contributed by atoms with Gasteiger partial charge in [0.15, 0.2) is 0 Å². The van der Waals surface area contributed by atoms with Crippen molar-refractivity contribution in [3.8, 4) is 0 Å². The Balaban J connectivity index is 1.96. The second-order valence-corrected chi connectivity index (χ2v) is 5.00. The molecule has 0 saturated carbocycles. The number of rotatable bonds is 6. The van der Waals surface area contributed by atoms with Gasteiger partial charge in [-0.05, 0) is 50.6 Å². The molecule has 1 N–H and O–H groups in total. The summed E-state index contributed by atoms with van der Waals surface area (Å²) in [6, 6.07) is 11.0. The number of hydrogen-bond donors (Lipinski definition) is 1. The van der Waals surface area contributed by atoms with Gasteiger partial charge in [-0.3, -0.25) is 4.68 Å². The van der Waals surface area contributed by atoms with Gasteiger partial charge in [-0.15, -0.1) is 0 Å². The molecule has 0 fully saturated rings. The maximum Gasteiger partial charge on any atom is 0.0662 e. The Morgan fingerprint density at radius 1 is 1.11 bits per heavy atom. The van der Waals surface area contributed by atoms with E-state index in [0.29, 0.717) is 0 Å². The standard InChI is InChI=1S/C16H23N3/c1-4-17-10-9-15-5-7-16(8-6-15)12-19-14(3)11-13(2)18-19/h5-8,11,17H,4,9-10,12H2,1-3H3. The highest BCUT2D eigenvalue weighted by Gasteiger charge is 2.02. The Morgan fingerprint density at radius 3 is 2.37 bits per heavy atom. The Labute approximate surface area is 115 Å². The van der Waals surface area contributed by atoms with Gasteiger partial charge in [-0.2, -0.15) is 5.10 Å². The molecule has 0 aliphatic carbocycles. The first kappa shape index (κ1) is 13.8. The van der Waals surface area contributed by atoms with Crippen LogP contribution in [0, 0.1) is 13.8 Å². The fourth-order valence-electron chi connectivity index (χ4n) is 2.23. The Morgan fingerprint density at radius 2 is 1.79 bits per heavy atom. The third-order valence-corrected chi connectivity index (χ3v) is 3.30. The van der Waals surface area contributed by atoms with E-state index in [0.717, 1.165) is 31.7 Å². The minimum absolute atomic E-state index is 0.854. The summed E-state index contributed by atoms with van der Waals surface area (Å²) in [4.78, 5) is 0. The zero-order chi connectivity index (χ0) is 13.7. The average molecular weight is 257 g/mol. The van der Waals surface area contributed by atoms with Gasteiger partial charge in [-0.1, -0.05) is 31.2 Å². The molecule has 0 atom stereocenters. The minimum Gasteiger partial charge on any atom is -0.317 e. The fraction of sp³-hybridized carbons (Fsp3) is 0.438. The third-order valence-electron chi connectivity index (χ3n) is 3.30. The van der Waals surface area contributed by atoms with E-state index >= 15 is 0 Å². The van der Waals surface area contributed by atoms with Crippen LogP contribution in [0.25, 0.3) is 0 Å². The molecule has 0 saturated heterocycles. The van der Waals surface area contributed by atoms with Gasteiger partial charge < -0.3 is 5.32 Å². The molecule has 0 spiro atoms. The lowest BCUT2D eigenvalue weighted by Gasteiger charge is -2.06.